The van der Waals surface area contributed by atoms with Crippen molar-refractivity contribution in [2.45, 2.75) is 12.8 Å². The molecule has 1 saturated carbocycles. The van der Waals surface area contributed by atoms with Gasteiger partial charge in [-0.2, -0.15) is 0 Å². The number of nitrogens with one attached hydrogen (secondary N) is 1. The average molecular weight is 216 g/mol. The zero-order chi connectivity index (χ0) is 11.0. The fraction of sp³-hybridized carbons (Fsp3) is 0.538. The van der Waals surface area contributed by atoms with Crippen molar-refractivity contribution in [3.8, 4) is 0 Å². The van der Waals surface area contributed by atoms with Gasteiger partial charge in [0.2, 0.25) is 0 Å². The average Bonchev–Trinajstić information content (AvgIpc) is 2.89. The lowest BCUT2D eigenvalue weighted by Gasteiger charge is -2.09. The van der Waals surface area contributed by atoms with E-state index in [1.807, 2.05) is 12.1 Å². The van der Waals surface area contributed by atoms with Crippen molar-refractivity contribution in [3.05, 3.63) is 30.1 Å². The second-order valence-electron chi connectivity index (χ2n) is 4.95. The van der Waals surface area contributed by atoms with E-state index >= 15 is 0 Å². The van der Waals surface area contributed by atoms with Gasteiger partial charge in [0.25, 0.3) is 0 Å². The molecular formula is C13H16N2O. The number of aromatic nitrogens is 1. The number of carbonyl (C=O) groups is 1. The third kappa shape index (κ3) is 1.65. The summed E-state index contributed by atoms with van der Waals surface area (Å²) in [6, 6.07) is 3.66. The Hall–Kier alpha value is -1.22. The van der Waals surface area contributed by atoms with Crippen molar-refractivity contribution < 1.29 is 4.79 Å². The molecule has 1 aliphatic carbocycles. The summed E-state index contributed by atoms with van der Waals surface area (Å²) >= 11 is 0. The van der Waals surface area contributed by atoms with Crippen LogP contribution in [0.1, 0.15) is 23.2 Å². The maximum Gasteiger partial charge on any atom is 0.166 e. The highest BCUT2D eigenvalue weighted by Crippen LogP contribution is 2.39. The smallest absolute Gasteiger partial charge is 0.166 e. The van der Waals surface area contributed by atoms with Gasteiger partial charge in [-0.25, -0.2) is 0 Å². The molecule has 0 amide bonds. The van der Waals surface area contributed by atoms with Crippen LogP contribution in [-0.2, 0) is 0 Å². The first kappa shape index (κ1) is 9.97. The van der Waals surface area contributed by atoms with Gasteiger partial charge in [0, 0.05) is 23.9 Å². The van der Waals surface area contributed by atoms with E-state index in [-0.39, 0.29) is 5.92 Å². The first-order valence-corrected chi connectivity index (χ1v) is 5.99. The van der Waals surface area contributed by atoms with E-state index in [1.54, 1.807) is 12.4 Å². The van der Waals surface area contributed by atoms with Crippen molar-refractivity contribution in [1.29, 1.82) is 0 Å². The zero-order valence-electron chi connectivity index (χ0n) is 9.23. The summed E-state index contributed by atoms with van der Waals surface area (Å²) in [5.74, 6) is 2.03. The predicted molar refractivity (Wildman–Crippen MR) is 61.1 cm³/mol. The maximum atomic E-state index is 12.2. The molecule has 84 valence electrons. The summed E-state index contributed by atoms with van der Waals surface area (Å²) < 4.78 is 0. The third-order valence-electron chi connectivity index (χ3n) is 3.99. The van der Waals surface area contributed by atoms with Crippen LogP contribution in [0.25, 0.3) is 0 Å². The number of nitrogens with zero attached hydrogens (tertiary/aromatic N) is 1. The number of rotatable bonds is 2. The molecule has 1 N–H and O–H groups in total. The molecule has 3 heteroatoms. The molecule has 2 fully saturated rings. The molecule has 1 aromatic heterocycles. The van der Waals surface area contributed by atoms with Crippen LogP contribution in [0.4, 0.5) is 0 Å². The predicted octanol–water partition coefficient (Wildman–Crippen LogP) is 1.51. The topological polar surface area (TPSA) is 42.0 Å². The molecule has 0 radical (unpaired) electrons. The van der Waals surface area contributed by atoms with Gasteiger partial charge in [0.15, 0.2) is 5.78 Å². The third-order valence-corrected chi connectivity index (χ3v) is 3.99. The summed E-state index contributed by atoms with van der Waals surface area (Å²) in [5.41, 5.74) is 0.827. The molecule has 3 nitrogen and oxygen atoms in total. The summed E-state index contributed by atoms with van der Waals surface area (Å²) in [5, 5.41) is 3.40. The van der Waals surface area contributed by atoms with Gasteiger partial charge >= 0.3 is 0 Å². The van der Waals surface area contributed by atoms with Crippen LogP contribution in [0.5, 0.6) is 0 Å². The lowest BCUT2D eigenvalue weighted by atomic mass is 9.95. The minimum Gasteiger partial charge on any atom is -0.316 e. The van der Waals surface area contributed by atoms with Gasteiger partial charge < -0.3 is 5.32 Å². The number of pyridine rings is 1. The Morgan fingerprint density at radius 1 is 1.19 bits per heavy atom. The van der Waals surface area contributed by atoms with Crippen LogP contribution in [0.2, 0.25) is 0 Å². The number of fused-ring (bicyclic) bond motifs is 1. The van der Waals surface area contributed by atoms with Crippen LogP contribution >= 0.6 is 0 Å². The molecule has 1 unspecified atom stereocenters. The summed E-state index contributed by atoms with van der Waals surface area (Å²) in [7, 11) is 0. The molecule has 3 rings (SSSR count). The van der Waals surface area contributed by atoms with Crippen molar-refractivity contribution in [2.24, 2.45) is 17.8 Å². The Bertz CT molecular complexity index is 378. The molecule has 2 aliphatic rings. The lowest BCUT2D eigenvalue weighted by molar-refractivity contribution is 0.0917. The molecular weight excluding hydrogens is 200 g/mol. The first-order valence-electron chi connectivity index (χ1n) is 5.99. The molecule has 1 aromatic rings. The molecule has 16 heavy (non-hydrogen) atoms. The Kier molecular flexibility index (Phi) is 2.48. The second-order valence-corrected chi connectivity index (χ2v) is 4.95. The summed E-state index contributed by atoms with van der Waals surface area (Å²) in [6.45, 7) is 2.20. The highest BCUT2D eigenvalue weighted by atomic mass is 16.1. The highest BCUT2D eigenvalue weighted by molar-refractivity contribution is 5.97. The van der Waals surface area contributed by atoms with Gasteiger partial charge in [-0.15, -0.1) is 0 Å². The number of carbonyl (C=O) groups excluding carboxylic acids is 1. The van der Waals surface area contributed by atoms with Crippen molar-refractivity contribution in [1.82, 2.24) is 10.3 Å². The molecule has 0 spiro atoms. The SMILES string of the molecule is O=C(c1ccncc1)C1C[C@H]2CNC[C@H]2C1. The van der Waals surface area contributed by atoms with E-state index in [1.165, 1.54) is 0 Å². The van der Waals surface area contributed by atoms with Gasteiger partial charge in [-0.05, 0) is 49.9 Å². The molecule has 3 atom stereocenters. The molecule has 1 aliphatic heterocycles. The van der Waals surface area contributed by atoms with Crippen molar-refractivity contribution in [2.75, 3.05) is 13.1 Å². The van der Waals surface area contributed by atoms with E-state index in [2.05, 4.69) is 10.3 Å². The van der Waals surface area contributed by atoms with Crippen LogP contribution in [0, 0.1) is 17.8 Å². The number of hydrogen-bond acceptors (Lipinski definition) is 3. The number of ketones is 1. The minimum absolute atomic E-state index is 0.250. The highest BCUT2D eigenvalue weighted by Gasteiger charge is 2.40. The second kappa shape index (κ2) is 3.98. The molecule has 0 aromatic carbocycles. The minimum atomic E-state index is 0.250. The van der Waals surface area contributed by atoms with Crippen LogP contribution < -0.4 is 5.32 Å². The van der Waals surface area contributed by atoms with E-state index in [0.717, 1.165) is 43.3 Å². The maximum absolute atomic E-state index is 12.2. The fourth-order valence-electron chi connectivity index (χ4n) is 3.13. The van der Waals surface area contributed by atoms with E-state index in [0.29, 0.717) is 5.78 Å². The number of hydrogen-bond donors (Lipinski definition) is 1. The fourth-order valence-corrected chi connectivity index (χ4v) is 3.13. The van der Waals surface area contributed by atoms with E-state index in [9.17, 15) is 4.79 Å². The Labute approximate surface area is 95.3 Å². The van der Waals surface area contributed by atoms with Crippen molar-refractivity contribution in [3.63, 3.8) is 0 Å². The van der Waals surface area contributed by atoms with Crippen LogP contribution in [-0.4, -0.2) is 23.9 Å². The monoisotopic (exact) mass is 216 g/mol. The molecule has 0 bridgehead atoms. The van der Waals surface area contributed by atoms with E-state index < -0.39 is 0 Å². The first-order chi connectivity index (χ1) is 7.84. The van der Waals surface area contributed by atoms with E-state index in [4.69, 9.17) is 0 Å². The van der Waals surface area contributed by atoms with Gasteiger partial charge in [-0.1, -0.05) is 0 Å². The van der Waals surface area contributed by atoms with Gasteiger partial charge in [0.1, 0.15) is 0 Å². The standard InChI is InChI=1S/C13H16N2O/c16-13(9-1-3-14-4-2-9)10-5-11-7-15-8-12(11)6-10/h1-4,10-12,15H,5-8H2/t10?,11-,12+. The van der Waals surface area contributed by atoms with Crippen molar-refractivity contribution >= 4 is 5.78 Å². The lowest BCUT2D eigenvalue weighted by Crippen LogP contribution is -2.17. The molecule has 2 heterocycles. The van der Waals surface area contributed by atoms with Crippen LogP contribution in [0.15, 0.2) is 24.5 Å². The molecule has 1 saturated heterocycles. The Morgan fingerprint density at radius 3 is 2.44 bits per heavy atom. The Balaban J connectivity index is 1.73. The zero-order valence-corrected chi connectivity index (χ0v) is 9.23. The summed E-state index contributed by atoms with van der Waals surface area (Å²) in [6.07, 6.45) is 5.53. The van der Waals surface area contributed by atoms with Gasteiger partial charge in [0.05, 0.1) is 0 Å². The normalized spacial score (nSPS) is 32.6. The quantitative estimate of drug-likeness (QED) is 0.762. The number of Topliss-reactive ketones (excluding diaryl/α,β-unsaturated/α-hetero) is 1. The summed E-state index contributed by atoms with van der Waals surface area (Å²) in [4.78, 5) is 16.2. The van der Waals surface area contributed by atoms with Crippen LogP contribution in [0.3, 0.4) is 0 Å². The Morgan fingerprint density at radius 2 is 1.81 bits per heavy atom. The van der Waals surface area contributed by atoms with Gasteiger partial charge in [-0.3, -0.25) is 9.78 Å². The largest absolute Gasteiger partial charge is 0.316 e.